The molecule has 0 aliphatic heterocycles. The number of carboxylic acids is 1. The fourth-order valence-corrected chi connectivity index (χ4v) is 1.79. The molecular formula is C12H14Cl2N2O3. The Labute approximate surface area is 120 Å². The number of amides is 1. The van der Waals surface area contributed by atoms with Crippen molar-refractivity contribution < 1.29 is 14.7 Å². The number of aliphatic carboxylic acids is 1. The lowest BCUT2D eigenvalue weighted by molar-refractivity contribution is -0.142. The molecule has 5 nitrogen and oxygen atoms in total. The molecule has 19 heavy (non-hydrogen) atoms. The van der Waals surface area contributed by atoms with Crippen LogP contribution < -0.4 is 5.32 Å². The molecule has 0 spiro atoms. The largest absolute Gasteiger partial charge is 0.480 e. The van der Waals surface area contributed by atoms with E-state index in [1.165, 1.54) is 12.3 Å². The SMILES string of the molecule is CC(C)(C)C(NC(=O)c1cc(Cl)ncc1Cl)C(=O)O. The van der Waals surface area contributed by atoms with Gasteiger partial charge in [-0.25, -0.2) is 9.78 Å². The zero-order chi connectivity index (χ0) is 14.8. The van der Waals surface area contributed by atoms with Crippen molar-refractivity contribution in [3.05, 3.63) is 28.0 Å². The van der Waals surface area contributed by atoms with Gasteiger partial charge in [-0.1, -0.05) is 44.0 Å². The van der Waals surface area contributed by atoms with Crippen LogP contribution in [0.2, 0.25) is 10.2 Å². The van der Waals surface area contributed by atoms with Crippen LogP contribution in [0.1, 0.15) is 31.1 Å². The van der Waals surface area contributed by atoms with Crippen LogP contribution in [0.15, 0.2) is 12.3 Å². The van der Waals surface area contributed by atoms with Gasteiger partial charge in [-0.15, -0.1) is 0 Å². The second-order valence-corrected chi connectivity index (χ2v) is 5.89. The molecule has 2 N–H and O–H groups in total. The lowest BCUT2D eigenvalue weighted by Gasteiger charge is -2.27. The highest BCUT2D eigenvalue weighted by molar-refractivity contribution is 6.35. The maximum Gasteiger partial charge on any atom is 0.326 e. The van der Waals surface area contributed by atoms with Gasteiger partial charge in [0.05, 0.1) is 10.6 Å². The Balaban J connectivity index is 3.01. The van der Waals surface area contributed by atoms with E-state index in [-0.39, 0.29) is 15.7 Å². The number of carboxylic acid groups (broad SMARTS) is 1. The molecule has 0 fully saturated rings. The van der Waals surface area contributed by atoms with Gasteiger partial charge in [-0.2, -0.15) is 0 Å². The Kier molecular flexibility index (Phi) is 4.76. The molecule has 0 bridgehead atoms. The average Bonchev–Trinajstić information content (AvgIpc) is 2.26. The first kappa shape index (κ1) is 15.7. The third-order valence-electron chi connectivity index (χ3n) is 2.46. The van der Waals surface area contributed by atoms with Gasteiger partial charge in [0.1, 0.15) is 11.2 Å². The maximum absolute atomic E-state index is 12.0. The van der Waals surface area contributed by atoms with Gasteiger partial charge in [0.15, 0.2) is 0 Å². The minimum Gasteiger partial charge on any atom is -0.480 e. The first-order valence-corrected chi connectivity index (χ1v) is 6.23. The van der Waals surface area contributed by atoms with Gasteiger partial charge in [-0.05, 0) is 11.5 Å². The van der Waals surface area contributed by atoms with Crippen molar-refractivity contribution in [1.29, 1.82) is 0 Å². The molecule has 1 aromatic heterocycles. The van der Waals surface area contributed by atoms with Crippen LogP contribution in [0.3, 0.4) is 0 Å². The third-order valence-corrected chi connectivity index (χ3v) is 2.96. The van der Waals surface area contributed by atoms with Crippen LogP contribution in [0.25, 0.3) is 0 Å². The van der Waals surface area contributed by atoms with Crippen molar-refractivity contribution >= 4 is 35.1 Å². The Morgan fingerprint density at radius 2 is 1.95 bits per heavy atom. The van der Waals surface area contributed by atoms with Crippen molar-refractivity contribution in [3.63, 3.8) is 0 Å². The summed E-state index contributed by atoms with van der Waals surface area (Å²) in [7, 11) is 0. The van der Waals surface area contributed by atoms with E-state index < -0.39 is 23.3 Å². The van der Waals surface area contributed by atoms with Crippen LogP contribution in [0.5, 0.6) is 0 Å². The first-order chi connectivity index (χ1) is 8.62. The zero-order valence-corrected chi connectivity index (χ0v) is 12.2. The molecule has 1 rings (SSSR count). The molecule has 0 aliphatic rings. The van der Waals surface area contributed by atoms with Crippen molar-refractivity contribution in [3.8, 4) is 0 Å². The number of halogens is 2. The molecule has 7 heteroatoms. The van der Waals surface area contributed by atoms with E-state index >= 15 is 0 Å². The van der Waals surface area contributed by atoms with E-state index in [0.717, 1.165) is 0 Å². The number of carbonyl (C=O) groups is 2. The van der Waals surface area contributed by atoms with Crippen LogP contribution in [0, 0.1) is 5.41 Å². The van der Waals surface area contributed by atoms with E-state index in [0.29, 0.717) is 0 Å². The second-order valence-electron chi connectivity index (χ2n) is 5.10. The fourth-order valence-electron chi connectivity index (χ4n) is 1.44. The Hall–Kier alpha value is -1.33. The number of nitrogens with one attached hydrogen (secondary N) is 1. The van der Waals surface area contributed by atoms with Crippen LogP contribution in [-0.4, -0.2) is 28.0 Å². The zero-order valence-electron chi connectivity index (χ0n) is 10.7. The summed E-state index contributed by atoms with van der Waals surface area (Å²) in [5.41, 5.74) is -0.540. The van der Waals surface area contributed by atoms with E-state index in [9.17, 15) is 9.59 Å². The molecule has 1 atom stereocenters. The number of pyridine rings is 1. The number of rotatable bonds is 3. The topological polar surface area (TPSA) is 79.3 Å². The Bertz CT molecular complexity index is 512. The van der Waals surface area contributed by atoms with Crippen molar-refractivity contribution in [1.82, 2.24) is 10.3 Å². The summed E-state index contributed by atoms with van der Waals surface area (Å²) in [6.45, 7) is 5.15. The van der Waals surface area contributed by atoms with E-state index in [4.69, 9.17) is 28.3 Å². The molecule has 1 heterocycles. The van der Waals surface area contributed by atoms with Crippen LogP contribution in [-0.2, 0) is 4.79 Å². The lowest BCUT2D eigenvalue weighted by Crippen LogP contribution is -2.49. The third kappa shape index (κ3) is 4.08. The number of hydrogen-bond donors (Lipinski definition) is 2. The minimum atomic E-state index is -1.11. The molecule has 0 saturated carbocycles. The highest BCUT2D eigenvalue weighted by Crippen LogP contribution is 2.22. The second kappa shape index (κ2) is 5.75. The normalized spacial score (nSPS) is 12.9. The van der Waals surface area contributed by atoms with E-state index in [1.807, 2.05) is 0 Å². The van der Waals surface area contributed by atoms with Crippen molar-refractivity contribution in [2.45, 2.75) is 26.8 Å². The number of hydrogen-bond acceptors (Lipinski definition) is 3. The number of nitrogens with zero attached hydrogens (tertiary/aromatic N) is 1. The monoisotopic (exact) mass is 304 g/mol. The van der Waals surface area contributed by atoms with Gasteiger partial charge >= 0.3 is 5.97 Å². The summed E-state index contributed by atoms with van der Waals surface area (Å²) >= 11 is 11.5. The molecule has 0 aromatic carbocycles. The summed E-state index contributed by atoms with van der Waals surface area (Å²) in [4.78, 5) is 26.9. The summed E-state index contributed by atoms with van der Waals surface area (Å²) in [6.07, 6.45) is 1.24. The van der Waals surface area contributed by atoms with Gasteiger partial charge in [0.2, 0.25) is 0 Å². The van der Waals surface area contributed by atoms with Crippen molar-refractivity contribution in [2.75, 3.05) is 0 Å². The summed E-state index contributed by atoms with van der Waals surface area (Å²) < 4.78 is 0. The highest BCUT2D eigenvalue weighted by Gasteiger charge is 2.33. The predicted molar refractivity (Wildman–Crippen MR) is 72.6 cm³/mol. The quantitative estimate of drug-likeness (QED) is 0.841. The van der Waals surface area contributed by atoms with Gasteiger partial charge in [0.25, 0.3) is 5.91 Å². The molecular weight excluding hydrogens is 291 g/mol. The fraction of sp³-hybridized carbons (Fsp3) is 0.417. The van der Waals surface area contributed by atoms with Crippen LogP contribution in [0.4, 0.5) is 0 Å². The van der Waals surface area contributed by atoms with Crippen LogP contribution >= 0.6 is 23.2 Å². The molecule has 0 saturated heterocycles. The minimum absolute atomic E-state index is 0.0946. The molecule has 1 amide bonds. The summed E-state index contributed by atoms with van der Waals surface area (Å²) in [6, 6.07) is 0.254. The standard InChI is InChI=1S/C12H14Cl2N2O3/c1-12(2,3)9(11(18)19)16-10(17)6-4-8(14)15-5-7(6)13/h4-5,9H,1-3H3,(H,16,17)(H,18,19). The molecule has 1 unspecified atom stereocenters. The Morgan fingerprint density at radius 3 is 2.42 bits per heavy atom. The maximum atomic E-state index is 12.0. The molecule has 1 aromatic rings. The Morgan fingerprint density at radius 1 is 1.37 bits per heavy atom. The lowest BCUT2D eigenvalue weighted by atomic mass is 9.86. The first-order valence-electron chi connectivity index (χ1n) is 5.47. The number of aromatic nitrogens is 1. The van der Waals surface area contributed by atoms with Gasteiger partial charge in [0, 0.05) is 6.20 Å². The average molecular weight is 305 g/mol. The summed E-state index contributed by atoms with van der Waals surface area (Å²) in [5, 5.41) is 11.8. The van der Waals surface area contributed by atoms with E-state index in [1.54, 1.807) is 20.8 Å². The number of carbonyl (C=O) groups excluding carboxylic acids is 1. The molecule has 0 radical (unpaired) electrons. The summed E-state index contributed by atoms with van der Waals surface area (Å²) in [5.74, 6) is -1.71. The van der Waals surface area contributed by atoms with E-state index in [2.05, 4.69) is 10.3 Å². The van der Waals surface area contributed by atoms with Gasteiger partial charge < -0.3 is 10.4 Å². The molecule has 104 valence electrons. The molecule has 0 aliphatic carbocycles. The smallest absolute Gasteiger partial charge is 0.326 e. The van der Waals surface area contributed by atoms with Gasteiger partial charge in [-0.3, -0.25) is 4.79 Å². The van der Waals surface area contributed by atoms with Crippen molar-refractivity contribution in [2.24, 2.45) is 5.41 Å². The highest BCUT2D eigenvalue weighted by atomic mass is 35.5. The predicted octanol–water partition coefficient (Wildman–Crippen LogP) is 2.62.